The topological polar surface area (TPSA) is 103 Å². The maximum absolute atomic E-state index is 11.1. The van der Waals surface area contributed by atoms with Crippen LogP contribution in [-0.2, 0) is 9.59 Å². The number of urea groups is 1. The van der Waals surface area contributed by atoms with Crippen molar-refractivity contribution in [3.8, 4) is 0 Å². The van der Waals surface area contributed by atoms with E-state index in [2.05, 4.69) is 5.32 Å². The van der Waals surface area contributed by atoms with Gasteiger partial charge in [-0.25, -0.2) is 4.79 Å². The Morgan fingerprint density at radius 1 is 1.18 bits per heavy atom. The lowest BCUT2D eigenvalue weighted by atomic mass is 10.3. The third kappa shape index (κ3) is 10.6. The number of carbonyl (C=O) groups excluding carboxylic acids is 3. The molecule has 0 aromatic carbocycles. The average molecular weight is 245 g/mol. The van der Waals surface area contributed by atoms with Gasteiger partial charge in [0.25, 0.3) is 0 Å². The molecule has 0 aliphatic rings. The Balaban J connectivity index is 3.57. The Morgan fingerprint density at radius 2 is 1.82 bits per heavy atom. The van der Waals surface area contributed by atoms with Crippen LogP contribution in [0.1, 0.15) is 19.3 Å². The van der Waals surface area contributed by atoms with Gasteiger partial charge < -0.3 is 20.1 Å². The van der Waals surface area contributed by atoms with Crippen LogP contribution < -0.4 is 20.6 Å². The highest BCUT2D eigenvalue weighted by atomic mass is 16.4. The molecule has 7 heteroatoms. The van der Waals surface area contributed by atoms with E-state index in [0.717, 1.165) is 13.0 Å². The van der Waals surface area contributed by atoms with Crippen LogP contribution in [0.4, 0.5) is 4.79 Å². The number of aliphatic carboxylic acids is 1. The molecule has 0 heterocycles. The van der Waals surface area contributed by atoms with Gasteiger partial charge in [-0.05, 0) is 6.42 Å². The van der Waals surface area contributed by atoms with Gasteiger partial charge >= 0.3 is 6.03 Å². The molecule has 0 bridgehead atoms. The summed E-state index contributed by atoms with van der Waals surface area (Å²) in [5.74, 6) is -1.93. The number of carboxylic acids is 1. The minimum Gasteiger partial charge on any atom is -0.550 e. The van der Waals surface area contributed by atoms with E-state index in [1.165, 1.54) is 4.90 Å². The predicted octanol–water partition coefficient (Wildman–Crippen LogP) is -3.12. The molecule has 0 aliphatic carbocycles. The lowest BCUT2D eigenvalue weighted by Crippen LogP contribution is -3.05. The molecule has 0 saturated carbocycles. The highest BCUT2D eigenvalue weighted by Gasteiger charge is 2.06. The molecule has 0 rings (SSSR count). The summed E-state index contributed by atoms with van der Waals surface area (Å²) in [5.41, 5.74) is 0. The fourth-order valence-electron chi connectivity index (χ4n) is 1.09. The standard InChI is InChI=1S/C10H19N3O4/c1-13(2)7-3-6-11-10(17)12-8(14)4-5-9(15)16/h3-7H2,1-2H3,(H,15,16)(H2,11,12,14,17). The van der Waals surface area contributed by atoms with Crippen molar-refractivity contribution in [2.45, 2.75) is 19.3 Å². The first-order valence-electron chi connectivity index (χ1n) is 5.48. The van der Waals surface area contributed by atoms with Gasteiger partial charge in [0.2, 0.25) is 5.91 Å². The van der Waals surface area contributed by atoms with E-state index in [-0.39, 0.29) is 12.8 Å². The Labute approximate surface area is 100 Å². The number of hydrogen-bond donors (Lipinski definition) is 3. The van der Waals surface area contributed by atoms with Crippen molar-refractivity contribution in [1.29, 1.82) is 0 Å². The van der Waals surface area contributed by atoms with Crippen molar-refractivity contribution in [3.05, 3.63) is 0 Å². The molecule has 0 aromatic rings. The van der Waals surface area contributed by atoms with Gasteiger partial charge in [-0.3, -0.25) is 10.1 Å². The third-order valence-electron chi connectivity index (χ3n) is 1.95. The van der Waals surface area contributed by atoms with Crippen LogP contribution in [0.3, 0.4) is 0 Å². The molecule has 98 valence electrons. The van der Waals surface area contributed by atoms with Crippen molar-refractivity contribution in [2.75, 3.05) is 27.2 Å². The average Bonchev–Trinajstić information content (AvgIpc) is 2.21. The largest absolute Gasteiger partial charge is 0.550 e. The van der Waals surface area contributed by atoms with Gasteiger partial charge in [0.15, 0.2) is 0 Å². The maximum atomic E-state index is 11.1. The van der Waals surface area contributed by atoms with Gasteiger partial charge in [0.05, 0.1) is 20.6 Å². The molecular formula is C10H19N3O4. The molecule has 0 fully saturated rings. The van der Waals surface area contributed by atoms with E-state index >= 15 is 0 Å². The third-order valence-corrected chi connectivity index (χ3v) is 1.95. The minimum atomic E-state index is -1.31. The first kappa shape index (κ1) is 15.4. The van der Waals surface area contributed by atoms with Crippen LogP contribution in [0.15, 0.2) is 0 Å². The molecule has 0 unspecified atom stereocenters. The van der Waals surface area contributed by atoms with Gasteiger partial charge in [-0.1, -0.05) is 0 Å². The number of amides is 3. The maximum Gasteiger partial charge on any atom is 0.321 e. The molecular weight excluding hydrogens is 226 g/mol. The Kier molecular flexibility index (Phi) is 7.70. The first-order chi connectivity index (χ1) is 7.91. The summed E-state index contributed by atoms with van der Waals surface area (Å²) in [6.45, 7) is 1.39. The van der Waals surface area contributed by atoms with Crippen molar-refractivity contribution in [2.24, 2.45) is 0 Å². The summed E-state index contributed by atoms with van der Waals surface area (Å²) in [6.07, 6.45) is 0.170. The summed E-state index contributed by atoms with van der Waals surface area (Å²) < 4.78 is 0. The second kappa shape index (κ2) is 8.51. The Hall–Kier alpha value is -1.63. The fraction of sp³-hybridized carbons (Fsp3) is 0.700. The van der Waals surface area contributed by atoms with Crippen LogP contribution in [0, 0.1) is 0 Å². The van der Waals surface area contributed by atoms with Gasteiger partial charge in [-0.2, -0.15) is 0 Å². The van der Waals surface area contributed by atoms with E-state index in [9.17, 15) is 19.5 Å². The Bertz CT molecular complexity index is 279. The van der Waals surface area contributed by atoms with E-state index < -0.39 is 17.9 Å². The molecule has 0 radical (unpaired) electrons. The van der Waals surface area contributed by atoms with E-state index in [4.69, 9.17) is 0 Å². The van der Waals surface area contributed by atoms with Crippen molar-refractivity contribution in [1.82, 2.24) is 10.6 Å². The van der Waals surface area contributed by atoms with Crippen molar-refractivity contribution in [3.63, 3.8) is 0 Å². The van der Waals surface area contributed by atoms with Crippen LogP contribution >= 0.6 is 0 Å². The monoisotopic (exact) mass is 245 g/mol. The smallest absolute Gasteiger partial charge is 0.321 e. The number of carboxylic acid groups (broad SMARTS) is 1. The SMILES string of the molecule is C[NH+](C)CCCNC(=O)NC(=O)CCC(=O)[O-]. The molecule has 0 aromatic heterocycles. The van der Waals surface area contributed by atoms with Crippen LogP contribution in [0.5, 0.6) is 0 Å². The van der Waals surface area contributed by atoms with Gasteiger partial charge in [0.1, 0.15) is 0 Å². The summed E-state index contributed by atoms with van der Waals surface area (Å²) >= 11 is 0. The molecule has 3 amide bonds. The zero-order valence-corrected chi connectivity index (χ0v) is 10.2. The fourth-order valence-corrected chi connectivity index (χ4v) is 1.09. The number of hydrogen-bond acceptors (Lipinski definition) is 4. The summed E-state index contributed by atoms with van der Waals surface area (Å²) in [7, 11) is 4.01. The van der Waals surface area contributed by atoms with E-state index in [1.807, 2.05) is 19.4 Å². The van der Waals surface area contributed by atoms with E-state index in [1.54, 1.807) is 0 Å². The number of quaternary nitrogens is 1. The molecule has 0 spiro atoms. The number of carbonyl (C=O) groups is 3. The van der Waals surface area contributed by atoms with Crippen molar-refractivity contribution >= 4 is 17.9 Å². The molecule has 17 heavy (non-hydrogen) atoms. The summed E-state index contributed by atoms with van der Waals surface area (Å²) in [6, 6.07) is -0.595. The molecule has 3 N–H and O–H groups in total. The highest BCUT2D eigenvalue weighted by Crippen LogP contribution is 1.86. The summed E-state index contributed by atoms with van der Waals surface area (Å²) in [5, 5.41) is 14.6. The zero-order chi connectivity index (χ0) is 13.3. The van der Waals surface area contributed by atoms with Gasteiger partial charge in [0, 0.05) is 25.4 Å². The van der Waals surface area contributed by atoms with Crippen LogP contribution in [0.2, 0.25) is 0 Å². The normalized spacial score (nSPS) is 10.1. The number of imide groups is 1. The van der Waals surface area contributed by atoms with Crippen LogP contribution in [0.25, 0.3) is 0 Å². The second-order valence-electron chi connectivity index (χ2n) is 3.99. The quantitative estimate of drug-likeness (QED) is 0.413. The zero-order valence-electron chi connectivity index (χ0n) is 10.2. The minimum absolute atomic E-state index is 0.252. The number of nitrogens with one attached hydrogen (secondary N) is 3. The lowest BCUT2D eigenvalue weighted by Gasteiger charge is -2.08. The second-order valence-corrected chi connectivity index (χ2v) is 3.99. The Morgan fingerprint density at radius 3 is 2.35 bits per heavy atom. The lowest BCUT2D eigenvalue weighted by molar-refractivity contribution is -0.858. The van der Waals surface area contributed by atoms with Crippen LogP contribution in [-0.4, -0.2) is 45.1 Å². The van der Waals surface area contributed by atoms with E-state index in [0.29, 0.717) is 6.54 Å². The van der Waals surface area contributed by atoms with Crippen molar-refractivity contribution < 1.29 is 24.4 Å². The molecule has 7 nitrogen and oxygen atoms in total. The van der Waals surface area contributed by atoms with Gasteiger partial charge in [-0.15, -0.1) is 0 Å². The molecule has 0 aliphatic heterocycles. The number of rotatable bonds is 7. The highest BCUT2D eigenvalue weighted by molar-refractivity contribution is 5.95. The molecule has 0 atom stereocenters. The summed E-state index contributed by atoms with van der Waals surface area (Å²) in [4.78, 5) is 33.5. The molecule has 0 saturated heterocycles. The first-order valence-corrected chi connectivity index (χ1v) is 5.48. The predicted molar refractivity (Wildman–Crippen MR) is 58.1 cm³/mol.